The summed E-state index contributed by atoms with van der Waals surface area (Å²) in [6, 6.07) is 5.77. The Morgan fingerprint density at radius 1 is 1.10 bits per heavy atom. The van der Waals surface area contributed by atoms with E-state index in [0.717, 1.165) is 37.5 Å². The summed E-state index contributed by atoms with van der Waals surface area (Å²) in [5.74, 6) is 0.189. The van der Waals surface area contributed by atoms with E-state index in [1.165, 1.54) is 6.42 Å². The number of carbonyl (C=O) groups is 1. The van der Waals surface area contributed by atoms with Gasteiger partial charge in [0.15, 0.2) is 8.32 Å². The summed E-state index contributed by atoms with van der Waals surface area (Å²) in [7, 11) is -6.00. The molecule has 0 bridgehead atoms. The van der Waals surface area contributed by atoms with Gasteiger partial charge in [0.05, 0.1) is 11.0 Å². The molecule has 1 fully saturated rings. The molecule has 7 heteroatoms. The van der Waals surface area contributed by atoms with Crippen molar-refractivity contribution in [1.29, 1.82) is 0 Å². The Morgan fingerprint density at radius 3 is 2.14 bits per heavy atom. The van der Waals surface area contributed by atoms with Gasteiger partial charge in [0, 0.05) is 0 Å². The summed E-state index contributed by atoms with van der Waals surface area (Å²) in [5, 5.41) is -0.0246. The Morgan fingerprint density at radius 2 is 1.66 bits per heavy atom. The number of carbonyl (C=O) groups excluding carboxylic acids is 1. The van der Waals surface area contributed by atoms with E-state index in [1.54, 1.807) is 24.3 Å². The average Bonchev–Trinajstić information content (AvgIpc) is 2.64. The molecule has 0 amide bonds. The summed E-state index contributed by atoms with van der Waals surface area (Å²) < 4.78 is 35.2. The van der Waals surface area contributed by atoms with Crippen LogP contribution in [0.4, 0.5) is 0 Å². The minimum Gasteiger partial charge on any atom is -0.412 e. The number of aldehydes is 1. The lowest BCUT2D eigenvalue weighted by Gasteiger charge is -2.44. The topological polar surface area (TPSA) is 72.5 Å². The molecule has 1 aromatic rings. The predicted molar refractivity (Wildman–Crippen MR) is 120 cm³/mol. The zero-order chi connectivity index (χ0) is 21.9. The Labute approximate surface area is 177 Å². The van der Waals surface area contributed by atoms with Gasteiger partial charge in [0.25, 0.3) is 0 Å². The molecular formula is C22H37NO4SSi. The van der Waals surface area contributed by atoms with Gasteiger partial charge >= 0.3 is 0 Å². The Bertz CT molecular complexity index is 778. The highest BCUT2D eigenvalue weighted by atomic mass is 32.2. The van der Waals surface area contributed by atoms with Crippen molar-refractivity contribution >= 4 is 24.6 Å². The van der Waals surface area contributed by atoms with Gasteiger partial charge in [0.2, 0.25) is 10.0 Å². The quantitative estimate of drug-likeness (QED) is 0.466. The molecule has 2 rings (SSSR count). The maximum absolute atomic E-state index is 12.9. The molecule has 0 saturated heterocycles. The van der Waals surface area contributed by atoms with E-state index < -0.39 is 30.5 Å². The van der Waals surface area contributed by atoms with Crippen molar-refractivity contribution in [1.82, 2.24) is 4.72 Å². The molecule has 0 aliphatic heterocycles. The molecule has 1 saturated carbocycles. The predicted octanol–water partition coefficient (Wildman–Crippen LogP) is 4.81. The van der Waals surface area contributed by atoms with Gasteiger partial charge in [-0.05, 0) is 55.9 Å². The monoisotopic (exact) mass is 439 g/mol. The van der Waals surface area contributed by atoms with Crippen LogP contribution in [-0.4, -0.2) is 35.2 Å². The SMILES string of the molecule is Cc1ccc(S(=O)(=O)N[C@@H](C=O)[C@@H](O[Si](C)(C)C(C)(C)C)C2CCCCC2)cc1. The highest BCUT2D eigenvalue weighted by molar-refractivity contribution is 7.89. The van der Waals surface area contributed by atoms with Gasteiger partial charge in [-0.25, -0.2) is 8.42 Å². The fourth-order valence-corrected chi connectivity index (χ4v) is 6.13. The van der Waals surface area contributed by atoms with E-state index in [-0.39, 0.29) is 15.9 Å². The molecule has 29 heavy (non-hydrogen) atoms. The summed E-state index contributed by atoms with van der Waals surface area (Å²) in [6.45, 7) is 12.7. The molecule has 1 N–H and O–H groups in total. The number of aryl methyl sites for hydroxylation is 1. The fraction of sp³-hybridized carbons (Fsp3) is 0.682. The third-order valence-corrected chi connectivity index (χ3v) is 12.4. The number of hydrogen-bond donors (Lipinski definition) is 1. The molecule has 0 aromatic heterocycles. The van der Waals surface area contributed by atoms with E-state index in [2.05, 4.69) is 38.6 Å². The normalized spacial score (nSPS) is 19.0. The first-order valence-corrected chi connectivity index (χ1v) is 15.0. The molecule has 0 heterocycles. The molecule has 0 unspecified atom stereocenters. The van der Waals surface area contributed by atoms with Crippen molar-refractivity contribution in [2.45, 2.75) is 95.0 Å². The largest absolute Gasteiger partial charge is 0.412 e. The Hall–Kier alpha value is -1.02. The van der Waals surface area contributed by atoms with Crippen LogP contribution in [0.15, 0.2) is 29.2 Å². The lowest BCUT2D eigenvalue weighted by atomic mass is 9.83. The van der Waals surface area contributed by atoms with Crippen molar-refractivity contribution in [3.63, 3.8) is 0 Å². The van der Waals surface area contributed by atoms with E-state index in [9.17, 15) is 13.2 Å². The molecule has 2 atom stereocenters. The average molecular weight is 440 g/mol. The zero-order valence-electron chi connectivity index (χ0n) is 18.7. The van der Waals surface area contributed by atoms with Crippen LogP contribution in [-0.2, 0) is 19.2 Å². The number of benzene rings is 1. The van der Waals surface area contributed by atoms with Crippen molar-refractivity contribution in [2.24, 2.45) is 5.92 Å². The minimum atomic E-state index is -3.81. The van der Waals surface area contributed by atoms with Gasteiger partial charge in [-0.2, -0.15) is 4.72 Å². The van der Waals surface area contributed by atoms with E-state index in [4.69, 9.17) is 4.43 Å². The minimum absolute atomic E-state index is 0.0246. The molecule has 5 nitrogen and oxygen atoms in total. The Kier molecular flexibility index (Phi) is 7.87. The molecule has 1 aromatic carbocycles. The van der Waals surface area contributed by atoms with Gasteiger partial charge in [0.1, 0.15) is 12.3 Å². The van der Waals surface area contributed by atoms with Crippen molar-refractivity contribution < 1.29 is 17.6 Å². The standard InChI is InChI=1S/C22H37NO4SSi/c1-17-12-14-19(15-13-17)28(25,26)23-20(16-24)21(18-10-8-7-9-11-18)27-29(5,6)22(2,3)4/h12-16,18,20-21,23H,7-11H2,1-6H3/t20-,21-/m0/s1. The third-order valence-electron chi connectivity index (χ3n) is 6.47. The van der Waals surface area contributed by atoms with E-state index in [1.807, 2.05) is 6.92 Å². The number of nitrogens with one attached hydrogen (secondary N) is 1. The summed E-state index contributed by atoms with van der Waals surface area (Å²) in [6.07, 6.45) is 5.60. The van der Waals surface area contributed by atoms with E-state index >= 15 is 0 Å². The maximum Gasteiger partial charge on any atom is 0.241 e. The summed E-state index contributed by atoms with van der Waals surface area (Å²) >= 11 is 0. The van der Waals surface area contributed by atoms with Crippen molar-refractivity contribution in [3.8, 4) is 0 Å². The van der Waals surface area contributed by atoms with E-state index in [0.29, 0.717) is 0 Å². The van der Waals surface area contributed by atoms with Crippen molar-refractivity contribution in [3.05, 3.63) is 29.8 Å². The molecule has 164 valence electrons. The number of sulfonamides is 1. The molecule has 0 radical (unpaired) electrons. The molecular weight excluding hydrogens is 402 g/mol. The molecule has 0 spiro atoms. The first-order valence-electron chi connectivity index (χ1n) is 10.6. The van der Waals surface area contributed by atoms with Gasteiger partial charge in [-0.1, -0.05) is 57.7 Å². The van der Waals surface area contributed by atoms with Gasteiger partial charge < -0.3 is 9.22 Å². The van der Waals surface area contributed by atoms with Gasteiger partial charge in [-0.3, -0.25) is 0 Å². The summed E-state index contributed by atoms with van der Waals surface area (Å²) in [5.41, 5.74) is 0.984. The second-order valence-electron chi connectivity index (χ2n) is 9.84. The van der Waals surface area contributed by atoms with Crippen LogP contribution in [0.2, 0.25) is 18.1 Å². The maximum atomic E-state index is 12.9. The van der Waals surface area contributed by atoms with Crippen LogP contribution >= 0.6 is 0 Å². The van der Waals surface area contributed by atoms with Crippen LogP contribution in [0.25, 0.3) is 0 Å². The summed E-state index contributed by atoms with van der Waals surface area (Å²) in [4.78, 5) is 12.3. The highest BCUT2D eigenvalue weighted by Gasteiger charge is 2.44. The zero-order valence-corrected chi connectivity index (χ0v) is 20.5. The first-order chi connectivity index (χ1) is 13.4. The lowest BCUT2D eigenvalue weighted by Crippen LogP contribution is -2.55. The third kappa shape index (κ3) is 6.23. The van der Waals surface area contributed by atoms with Crippen LogP contribution in [0, 0.1) is 12.8 Å². The van der Waals surface area contributed by atoms with Gasteiger partial charge in [-0.15, -0.1) is 0 Å². The van der Waals surface area contributed by atoms with Crippen LogP contribution in [0.3, 0.4) is 0 Å². The smallest absolute Gasteiger partial charge is 0.241 e. The van der Waals surface area contributed by atoms with Crippen molar-refractivity contribution in [2.75, 3.05) is 0 Å². The van der Waals surface area contributed by atoms with Crippen LogP contribution in [0.1, 0.15) is 58.4 Å². The number of rotatable bonds is 8. The van der Waals surface area contributed by atoms with Crippen LogP contribution < -0.4 is 4.72 Å². The molecule has 1 aliphatic rings. The number of hydrogen-bond acceptors (Lipinski definition) is 4. The highest BCUT2D eigenvalue weighted by Crippen LogP contribution is 2.40. The molecule has 1 aliphatic carbocycles. The second kappa shape index (κ2) is 9.41. The second-order valence-corrected chi connectivity index (χ2v) is 16.3. The first kappa shape index (κ1) is 24.2. The fourth-order valence-electron chi connectivity index (χ4n) is 3.58. The van der Waals surface area contributed by atoms with Crippen LogP contribution in [0.5, 0.6) is 0 Å². The lowest BCUT2D eigenvalue weighted by molar-refractivity contribution is -0.112. The Balaban J connectivity index is 2.33.